The summed E-state index contributed by atoms with van der Waals surface area (Å²) in [5, 5.41) is 18.3. The van der Waals surface area contributed by atoms with Gasteiger partial charge in [-0.25, -0.2) is 0 Å². The van der Waals surface area contributed by atoms with Crippen LogP contribution in [0.2, 0.25) is 0 Å². The molecule has 0 radical (unpaired) electrons. The average molecular weight is 365 g/mol. The molecule has 0 amide bonds. The summed E-state index contributed by atoms with van der Waals surface area (Å²) in [7, 11) is 0. The standard InChI is InChI=1S/C18H20O2S3/c1-11-13(5-7-19)9-17(21-11)15-3-4-16(23-15)18-10-14(6-8-20)12(2)22-18/h3-4,9-10,19-20H,5-8H2,1-2H3. The molecule has 0 aliphatic rings. The second-order valence-corrected chi connectivity index (χ2v) is 9.09. The quantitative estimate of drug-likeness (QED) is 0.654. The second-order valence-electron chi connectivity index (χ2n) is 5.50. The van der Waals surface area contributed by atoms with Gasteiger partial charge in [-0.05, 0) is 62.1 Å². The van der Waals surface area contributed by atoms with Gasteiger partial charge in [-0.3, -0.25) is 0 Å². The molecule has 2 nitrogen and oxygen atoms in total. The molecule has 3 aromatic rings. The lowest BCUT2D eigenvalue weighted by Crippen LogP contribution is -1.88. The van der Waals surface area contributed by atoms with Crippen LogP contribution in [0.5, 0.6) is 0 Å². The van der Waals surface area contributed by atoms with Gasteiger partial charge in [0, 0.05) is 42.5 Å². The number of aliphatic hydroxyl groups is 2. The van der Waals surface area contributed by atoms with Crippen molar-refractivity contribution in [2.45, 2.75) is 26.7 Å². The lowest BCUT2D eigenvalue weighted by atomic mass is 10.2. The highest BCUT2D eigenvalue weighted by atomic mass is 32.1. The Morgan fingerprint density at radius 1 is 0.696 bits per heavy atom. The molecule has 3 aromatic heterocycles. The van der Waals surface area contributed by atoms with E-state index in [1.807, 2.05) is 11.3 Å². The van der Waals surface area contributed by atoms with E-state index in [1.165, 1.54) is 40.4 Å². The van der Waals surface area contributed by atoms with Gasteiger partial charge in [0.05, 0.1) is 0 Å². The minimum atomic E-state index is 0.203. The highest BCUT2D eigenvalue weighted by molar-refractivity contribution is 7.26. The molecule has 0 aliphatic heterocycles. The third kappa shape index (κ3) is 3.59. The average Bonchev–Trinajstić information content (AvgIpc) is 3.21. The molecule has 0 bridgehead atoms. The van der Waals surface area contributed by atoms with E-state index in [9.17, 15) is 0 Å². The van der Waals surface area contributed by atoms with Crippen molar-refractivity contribution in [1.29, 1.82) is 0 Å². The molecule has 0 saturated heterocycles. The lowest BCUT2D eigenvalue weighted by molar-refractivity contribution is 0.299. The first kappa shape index (κ1) is 16.9. The maximum absolute atomic E-state index is 9.14. The summed E-state index contributed by atoms with van der Waals surface area (Å²) in [6.07, 6.45) is 1.46. The first-order valence-corrected chi connectivity index (χ1v) is 10.1. The third-order valence-electron chi connectivity index (χ3n) is 3.90. The Labute approximate surface area is 148 Å². The van der Waals surface area contributed by atoms with Crippen molar-refractivity contribution in [3.63, 3.8) is 0 Å². The number of hydrogen-bond donors (Lipinski definition) is 2. The fraction of sp³-hybridized carbons (Fsp3) is 0.333. The van der Waals surface area contributed by atoms with E-state index in [0.29, 0.717) is 0 Å². The van der Waals surface area contributed by atoms with Gasteiger partial charge in [0.1, 0.15) is 0 Å². The van der Waals surface area contributed by atoms with E-state index in [-0.39, 0.29) is 13.2 Å². The van der Waals surface area contributed by atoms with Gasteiger partial charge in [0.15, 0.2) is 0 Å². The van der Waals surface area contributed by atoms with Gasteiger partial charge in [-0.2, -0.15) is 0 Å². The maximum atomic E-state index is 9.14. The zero-order valence-electron chi connectivity index (χ0n) is 13.3. The Morgan fingerprint density at radius 3 is 1.52 bits per heavy atom. The molecule has 0 saturated carbocycles. The van der Waals surface area contributed by atoms with Crippen molar-refractivity contribution >= 4 is 34.0 Å². The summed E-state index contributed by atoms with van der Waals surface area (Å²) < 4.78 is 0. The Balaban J connectivity index is 1.88. The summed E-state index contributed by atoms with van der Waals surface area (Å²) in [6.45, 7) is 4.65. The molecule has 0 spiro atoms. The zero-order valence-corrected chi connectivity index (χ0v) is 15.7. The zero-order chi connectivity index (χ0) is 16.4. The first-order valence-electron chi connectivity index (χ1n) is 7.63. The predicted molar refractivity (Wildman–Crippen MR) is 102 cm³/mol. The molecular formula is C18H20O2S3. The normalized spacial score (nSPS) is 11.3. The summed E-state index contributed by atoms with van der Waals surface area (Å²) >= 11 is 5.42. The van der Waals surface area contributed by atoms with E-state index in [2.05, 4.69) is 38.1 Å². The van der Waals surface area contributed by atoms with Crippen molar-refractivity contribution in [2.24, 2.45) is 0 Å². The van der Waals surface area contributed by atoms with E-state index in [0.717, 1.165) is 12.8 Å². The Kier molecular flexibility index (Phi) is 5.34. The van der Waals surface area contributed by atoms with Crippen molar-refractivity contribution in [1.82, 2.24) is 0 Å². The van der Waals surface area contributed by atoms with Crippen LogP contribution in [0.25, 0.3) is 19.5 Å². The van der Waals surface area contributed by atoms with Crippen LogP contribution in [-0.4, -0.2) is 23.4 Å². The van der Waals surface area contributed by atoms with Crippen molar-refractivity contribution < 1.29 is 10.2 Å². The van der Waals surface area contributed by atoms with Crippen LogP contribution in [0.3, 0.4) is 0 Å². The monoisotopic (exact) mass is 364 g/mol. The van der Waals surface area contributed by atoms with Crippen LogP contribution < -0.4 is 0 Å². The second kappa shape index (κ2) is 7.28. The summed E-state index contributed by atoms with van der Waals surface area (Å²) in [5.41, 5.74) is 2.50. The number of hydrogen-bond acceptors (Lipinski definition) is 5. The Bertz CT molecular complexity index is 730. The molecule has 0 fully saturated rings. The summed E-state index contributed by atoms with van der Waals surface area (Å²) in [4.78, 5) is 7.72. The third-order valence-corrected chi connectivity index (χ3v) is 7.56. The van der Waals surface area contributed by atoms with Gasteiger partial charge >= 0.3 is 0 Å². The van der Waals surface area contributed by atoms with Crippen LogP contribution >= 0.6 is 34.0 Å². The van der Waals surface area contributed by atoms with Crippen molar-refractivity contribution in [2.75, 3.05) is 13.2 Å². The van der Waals surface area contributed by atoms with Gasteiger partial charge in [-0.1, -0.05) is 0 Å². The van der Waals surface area contributed by atoms with Crippen LogP contribution in [0.4, 0.5) is 0 Å². The van der Waals surface area contributed by atoms with E-state index >= 15 is 0 Å². The Morgan fingerprint density at radius 2 is 1.13 bits per heavy atom. The molecule has 0 unspecified atom stereocenters. The van der Waals surface area contributed by atoms with Gasteiger partial charge in [0.25, 0.3) is 0 Å². The fourth-order valence-electron chi connectivity index (χ4n) is 2.62. The minimum absolute atomic E-state index is 0.203. The molecule has 23 heavy (non-hydrogen) atoms. The molecule has 122 valence electrons. The van der Waals surface area contributed by atoms with E-state index in [4.69, 9.17) is 10.2 Å². The number of aliphatic hydroxyl groups excluding tert-OH is 2. The highest BCUT2D eigenvalue weighted by Crippen LogP contribution is 2.41. The number of thiophene rings is 3. The molecule has 0 atom stereocenters. The van der Waals surface area contributed by atoms with Crippen LogP contribution in [-0.2, 0) is 12.8 Å². The van der Waals surface area contributed by atoms with Gasteiger partial charge < -0.3 is 10.2 Å². The summed E-state index contributed by atoms with van der Waals surface area (Å²) in [6, 6.07) is 8.80. The van der Waals surface area contributed by atoms with E-state index < -0.39 is 0 Å². The molecular weight excluding hydrogens is 344 g/mol. The highest BCUT2D eigenvalue weighted by Gasteiger charge is 2.12. The smallest absolute Gasteiger partial charge is 0.0471 e. The van der Waals surface area contributed by atoms with Crippen LogP contribution in [0.1, 0.15) is 20.9 Å². The molecule has 3 rings (SSSR count). The van der Waals surface area contributed by atoms with Crippen LogP contribution in [0, 0.1) is 13.8 Å². The fourth-order valence-corrected chi connectivity index (χ4v) is 5.93. The first-order chi connectivity index (χ1) is 11.1. The predicted octanol–water partition coefficient (Wildman–Crippen LogP) is 4.89. The van der Waals surface area contributed by atoms with E-state index in [1.54, 1.807) is 22.7 Å². The molecule has 5 heteroatoms. The van der Waals surface area contributed by atoms with Gasteiger partial charge in [-0.15, -0.1) is 34.0 Å². The minimum Gasteiger partial charge on any atom is -0.396 e. The lowest BCUT2D eigenvalue weighted by Gasteiger charge is -1.93. The van der Waals surface area contributed by atoms with Crippen molar-refractivity contribution in [3.05, 3.63) is 45.1 Å². The topological polar surface area (TPSA) is 40.5 Å². The van der Waals surface area contributed by atoms with Gasteiger partial charge in [0.2, 0.25) is 0 Å². The van der Waals surface area contributed by atoms with Crippen molar-refractivity contribution in [3.8, 4) is 19.5 Å². The largest absolute Gasteiger partial charge is 0.396 e. The summed E-state index contributed by atoms with van der Waals surface area (Å²) in [5.74, 6) is 0. The molecule has 3 heterocycles. The Hall–Kier alpha value is -0.980. The number of rotatable bonds is 6. The molecule has 0 aliphatic carbocycles. The SMILES string of the molecule is Cc1sc(-c2ccc(-c3cc(CCO)c(C)s3)s2)cc1CCO. The molecule has 0 aromatic carbocycles. The van der Waals surface area contributed by atoms with Crippen LogP contribution in [0.15, 0.2) is 24.3 Å². The number of aryl methyl sites for hydroxylation is 2. The maximum Gasteiger partial charge on any atom is 0.0471 e. The molecule has 2 N–H and O–H groups in total.